The third kappa shape index (κ3) is 4.71. The summed E-state index contributed by atoms with van der Waals surface area (Å²) in [5.41, 5.74) is 1.18. The largest absolute Gasteiger partial charge is 0.495 e. The van der Waals surface area contributed by atoms with Crippen LogP contribution in [-0.4, -0.2) is 35.9 Å². The minimum absolute atomic E-state index is 0.171. The van der Waals surface area contributed by atoms with E-state index in [4.69, 9.17) is 4.74 Å². The van der Waals surface area contributed by atoms with Gasteiger partial charge in [-0.3, -0.25) is 4.98 Å². The third-order valence-electron chi connectivity index (χ3n) is 6.36. The standard InChI is InChI=1S/C25H28F3N3O2/c1-15(16-5-4-6-17(23(16)26)24(27)28)30-19-7-10-29-20-14-22(33-3)21(13-18(19)20)31-11-8-25(2,32)9-12-31/h4-7,10,13-15,24,32H,8-9,11-12H2,1-3H3,(H,29,30)/t15-/m1/s1. The molecule has 0 bridgehead atoms. The van der Waals surface area contributed by atoms with Crippen LogP contribution in [0, 0.1) is 5.82 Å². The second-order valence-corrected chi connectivity index (χ2v) is 8.80. The van der Waals surface area contributed by atoms with E-state index >= 15 is 0 Å². The number of aromatic nitrogens is 1. The van der Waals surface area contributed by atoms with Crippen LogP contribution in [0.3, 0.4) is 0 Å². The van der Waals surface area contributed by atoms with Crippen LogP contribution in [0.15, 0.2) is 42.6 Å². The van der Waals surface area contributed by atoms with Gasteiger partial charge in [0.2, 0.25) is 0 Å². The summed E-state index contributed by atoms with van der Waals surface area (Å²) in [5, 5.41) is 14.4. The molecular weight excluding hydrogens is 431 g/mol. The van der Waals surface area contributed by atoms with E-state index in [0.717, 1.165) is 17.1 Å². The van der Waals surface area contributed by atoms with Crippen molar-refractivity contribution in [1.82, 2.24) is 4.98 Å². The van der Waals surface area contributed by atoms with Crippen molar-refractivity contribution in [2.24, 2.45) is 0 Å². The number of pyridine rings is 1. The van der Waals surface area contributed by atoms with Crippen molar-refractivity contribution in [1.29, 1.82) is 0 Å². The molecule has 2 heterocycles. The van der Waals surface area contributed by atoms with Crippen LogP contribution < -0.4 is 15.0 Å². The van der Waals surface area contributed by atoms with Gasteiger partial charge in [-0.2, -0.15) is 0 Å². The van der Waals surface area contributed by atoms with E-state index < -0.39 is 29.4 Å². The van der Waals surface area contributed by atoms with Gasteiger partial charge in [0.1, 0.15) is 11.6 Å². The molecule has 1 atom stereocenters. The lowest BCUT2D eigenvalue weighted by atomic mass is 9.93. The SMILES string of the molecule is COc1cc2nccc(N[C@H](C)c3cccc(C(F)F)c3F)c2cc1N1CCC(C)(O)CC1. The lowest BCUT2D eigenvalue weighted by Crippen LogP contribution is -2.42. The first-order chi connectivity index (χ1) is 15.7. The van der Waals surface area contributed by atoms with Crippen LogP contribution in [-0.2, 0) is 0 Å². The van der Waals surface area contributed by atoms with E-state index in [1.165, 1.54) is 12.1 Å². The Morgan fingerprint density at radius 1 is 1.15 bits per heavy atom. The smallest absolute Gasteiger partial charge is 0.266 e. The highest BCUT2D eigenvalue weighted by molar-refractivity contribution is 5.95. The highest BCUT2D eigenvalue weighted by Crippen LogP contribution is 2.38. The lowest BCUT2D eigenvalue weighted by Gasteiger charge is -2.37. The maximum atomic E-state index is 14.7. The Morgan fingerprint density at radius 2 is 1.85 bits per heavy atom. The van der Waals surface area contributed by atoms with Gasteiger partial charge in [0.05, 0.1) is 35.5 Å². The van der Waals surface area contributed by atoms with Gasteiger partial charge in [-0.05, 0) is 38.8 Å². The molecule has 1 saturated heterocycles. The highest BCUT2D eigenvalue weighted by Gasteiger charge is 2.29. The zero-order valence-electron chi connectivity index (χ0n) is 18.9. The predicted octanol–water partition coefficient (Wildman–Crippen LogP) is 5.84. The van der Waals surface area contributed by atoms with Gasteiger partial charge in [-0.1, -0.05) is 18.2 Å². The summed E-state index contributed by atoms with van der Waals surface area (Å²) in [5.74, 6) is -0.217. The molecular formula is C25H28F3N3O2. The molecule has 0 radical (unpaired) electrons. The summed E-state index contributed by atoms with van der Waals surface area (Å²) in [6, 6.07) is 9.11. The average Bonchev–Trinajstić information content (AvgIpc) is 2.78. The number of nitrogens with one attached hydrogen (secondary N) is 1. The number of hydrogen-bond donors (Lipinski definition) is 2. The molecule has 0 saturated carbocycles. The first-order valence-corrected chi connectivity index (χ1v) is 11.0. The van der Waals surface area contributed by atoms with Crippen molar-refractivity contribution in [2.75, 3.05) is 30.4 Å². The molecule has 2 N–H and O–H groups in total. The molecule has 0 aliphatic carbocycles. The highest BCUT2D eigenvalue weighted by atomic mass is 19.3. The minimum Gasteiger partial charge on any atom is -0.495 e. The Bertz CT molecular complexity index is 1140. The second-order valence-electron chi connectivity index (χ2n) is 8.80. The summed E-state index contributed by atoms with van der Waals surface area (Å²) < 4.78 is 46.6. The number of benzene rings is 2. The number of piperidine rings is 1. The van der Waals surface area contributed by atoms with E-state index in [1.807, 2.05) is 19.1 Å². The molecule has 176 valence electrons. The molecule has 33 heavy (non-hydrogen) atoms. The number of rotatable bonds is 6. The molecule has 0 spiro atoms. The van der Waals surface area contributed by atoms with Gasteiger partial charge < -0.3 is 20.1 Å². The van der Waals surface area contributed by atoms with Crippen molar-refractivity contribution in [2.45, 2.75) is 44.8 Å². The van der Waals surface area contributed by atoms with Gasteiger partial charge in [0.25, 0.3) is 6.43 Å². The van der Waals surface area contributed by atoms with Gasteiger partial charge in [0, 0.05) is 42.0 Å². The van der Waals surface area contributed by atoms with Gasteiger partial charge in [-0.25, -0.2) is 13.2 Å². The topological polar surface area (TPSA) is 57.6 Å². The summed E-state index contributed by atoms with van der Waals surface area (Å²) in [4.78, 5) is 6.61. The normalized spacial score (nSPS) is 16.8. The average molecular weight is 460 g/mol. The monoisotopic (exact) mass is 459 g/mol. The minimum atomic E-state index is -2.88. The number of nitrogens with zero attached hydrogens (tertiary/aromatic N) is 2. The fraction of sp³-hybridized carbons (Fsp3) is 0.400. The fourth-order valence-electron chi connectivity index (χ4n) is 4.31. The molecule has 8 heteroatoms. The lowest BCUT2D eigenvalue weighted by molar-refractivity contribution is 0.0350. The van der Waals surface area contributed by atoms with Crippen molar-refractivity contribution >= 4 is 22.3 Å². The Hall–Kier alpha value is -3.00. The number of hydrogen-bond acceptors (Lipinski definition) is 5. The van der Waals surface area contributed by atoms with Crippen LogP contribution in [0.25, 0.3) is 10.9 Å². The second kappa shape index (κ2) is 9.09. The van der Waals surface area contributed by atoms with Crippen molar-refractivity contribution in [3.63, 3.8) is 0 Å². The molecule has 1 fully saturated rings. The number of aliphatic hydroxyl groups is 1. The van der Waals surface area contributed by atoms with Crippen molar-refractivity contribution in [3.05, 3.63) is 59.5 Å². The third-order valence-corrected chi connectivity index (χ3v) is 6.36. The number of ether oxygens (including phenoxy) is 1. The molecule has 0 amide bonds. The van der Waals surface area contributed by atoms with E-state index in [-0.39, 0.29) is 5.56 Å². The first-order valence-electron chi connectivity index (χ1n) is 11.0. The van der Waals surface area contributed by atoms with Gasteiger partial charge >= 0.3 is 0 Å². The zero-order chi connectivity index (χ0) is 23.8. The van der Waals surface area contributed by atoms with E-state index in [1.54, 1.807) is 26.3 Å². The van der Waals surface area contributed by atoms with Crippen LogP contribution in [0.2, 0.25) is 0 Å². The molecule has 1 aromatic heterocycles. The number of anilines is 2. The number of alkyl halides is 2. The van der Waals surface area contributed by atoms with Gasteiger partial charge in [-0.15, -0.1) is 0 Å². The molecule has 3 aromatic rings. The Labute approximate surface area is 191 Å². The molecule has 5 nitrogen and oxygen atoms in total. The fourth-order valence-corrected chi connectivity index (χ4v) is 4.31. The molecule has 0 unspecified atom stereocenters. The maximum absolute atomic E-state index is 14.7. The number of methoxy groups -OCH3 is 1. The first kappa shape index (κ1) is 23.2. The van der Waals surface area contributed by atoms with E-state index in [9.17, 15) is 18.3 Å². The van der Waals surface area contributed by atoms with Crippen LogP contribution >= 0.6 is 0 Å². The Kier molecular flexibility index (Phi) is 6.38. The van der Waals surface area contributed by atoms with Crippen molar-refractivity contribution < 1.29 is 23.0 Å². The van der Waals surface area contributed by atoms with Crippen LogP contribution in [0.1, 0.15) is 50.3 Å². The van der Waals surface area contributed by atoms with Crippen LogP contribution in [0.5, 0.6) is 5.75 Å². The summed E-state index contributed by atoms with van der Waals surface area (Å²) in [7, 11) is 1.60. The molecule has 1 aliphatic rings. The van der Waals surface area contributed by atoms with Crippen LogP contribution in [0.4, 0.5) is 24.5 Å². The number of halogens is 3. The zero-order valence-corrected chi connectivity index (χ0v) is 18.9. The van der Waals surface area contributed by atoms with E-state index in [2.05, 4.69) is 15.2 Å². The van der Waals surface area contributed by atoms with Gasteiger partial charge in [0.15, 0.2) is 0 Å². The molecule has 2 aromatic carbocycles. The molecule has 4 rings (SSSR count). The Morgan fingerprint density at radius 3 is 2.52 bits per heavy atom. The Balaban J connectivity index is 1.70. The van der Waals surface area contributed by atoms with E-state index in [0.29, 0.717) is 42.9 Å². The summed E-state index contributed by atoms with van der Waals surface area (Å²) in [6.45, 7) is 4.94. The maximum Gasteiger partial charge on any atom is 0.266 e. The quantitative estimate of drug-likeness (QED) is 0.485. The summed E-state index contributed by atoms with van der Waals surface area (Å²) >= 11 is 0. The predicted molar refractivity (Wildman–Crippen MR) is 124 cm³/mol. The summed E-state index contributed by atoms with van der Waals surface area (Å²) in [6.07, 6.45) is 0.0477. The molecule has 1 aliphatic heterocycles. The van der Waals surface area contributed by atoms with Crippen molar-refractivity contribution in [3.8, 4) is 5.75 Å². The number of fused-ring (bicyclic) bond motifs is 1.